The largest absolute Gasteiger partial charge is 0.450 e. The number of para-hydroxylation sites is 2. The number of likely N-dealkylation sites (tertiary alicyclic amines) is 1. The molecule has 1 fully saturated rings. The van der Waals surface area contributed by atoms with Crippen LogP contribution >= 0.6 is 0 Å². The van der Waals surface area contributed by atoms with Gasteiger partial charge in [-0.2, -0.15) is 0 Å². The number of imidazole rings is 1. The number of pyridine rings is 1. The van der Waals surface area contributed by atoms with E-state index in [9.17, 15) is 4.79 Å². The number of nitrogens with zero attached hydrogens (tertiary/aromatic N) is 4. The zero-order valence-corrected chi connectivity index (χ0v) is 16.3. The summed E-state index contributed by atoms with van der Waals surface area (Å²) in [6, 6.07) is 12.4. The van der Waals surface area contributed by atoms with Crippen molar-refractivity contribution >= 4 is 17.1 Å². The van der Waals surface area contributed by atoms with Crippen molar-refractivity contribution in [2.75, 3.05) is 19.7 Å². The van der Waals surface area contributed by atoms with Crippen molar-refractivity contribution in [1.29, 1.82) is 0 Å². The first-order valence-electron chi connectivity index (χ1n) is 9.99. The lowest BCUT2D eigenvalue weighted by Crippen LogP contribution is -2.39. The Bertz CT molecular complexity index is 930. The summed E-state index contributed by atoms with van der Waals surface area (Å²) >= 11 is 0. The summed E-state index contributed by atoms with van der Waals surface area (Å²) in [5.41, 5.74) is 3.36. The maximum absolute atomic E-state index is 11.9. The number of carbonyl (C=O) groups excluding carboxylic acids is 1. The summed E-state index contributed by atoms with van der Waals surface area (Å²) in [5.74, 6) is 1.63. The Morgan fingerprint density at radius 1 is 1.18 bits per heavy atom. The molecule has 0 aliphatic carbocycles. The Balaban J connectivity index is 1.51. The van der Waals surface area contributed by atoms with Gasteiger partial charge < -0.3 is 14.2 Å². The summed E-state index contributed by atoms with van der Waals surface area (Å²) in [6.07, 6.45) is 6.41. The average molecular weight is 378 g/mol. The highest BCUT2D eigenvalue weighted by molar-refractivity contribution is 5.76. The van der Waals surface area contributed by atoms with Crippen molar-refractivity contribution in [3.63, 3.8) is 0 Å². The molecule has 1 aliphatic heterocycles. The molecule has 1 amide bonds. The van der Waals surface area contributed by atoms with E-state index >= 15 is 0 Å². The number of benzene rings is 1. The van der Waals surface area contributed by atoms with E-state index in [0.29, 0.717) is 12.5 Å². The van der Waals surface area contributed by atoms with Crippen LogP contribution in [-0.4, -0.2) is 45.2 Å². The normalized spacial score (nSPS) is 15.1. The third kappa shape index (κ3) is 4.01. The van der Waals surface area contributed by atoms with Crippen LogP contribution in [0.5, 0.6) is 0 Å². The smallest absolute Gasteiger partial charge is 0.409 e. The van der Waals surface area contributed by atoms with Gasteiger partial charge in [0, 0.05) is 31.9 Å². The zero-order chi connectivity index (χ0) is 19.3. The van der Waals surface area contributed by atoms with Gasteiger partial charge in [-0.25, -0.2) is 9.78 Å². The van der Waals surface area contributed by atoms with Crippen LogP contribution in [0.25, 0.3) is 11.0 Å². The molecule has 0 bridgehead atoms. The SMILES string of the molecule is CCOC(=O)N1CCC(Cc2nc3ccccc3n2Cc2cccnc2)CC1. The first kappa shape index (κ1) is 18.5. The minimum absolute atomic E-state index is 0.190. The van der Waals surface area contributed by atoms with Gasteiger partial charge in [0.25, 0.3) is 0 Å². The maximum atomic E-state index is 11.9. The van der Waals surface area contributed by atoms with Crippen molar-refractivity contribution in [3.8, 4) is 0 Å². The molecule has 0 unspecified atom stereocenters. The highest BCUT2D eigenvalue weighted by Crippen LogP contribution is 2.25. The summed E-state index contributed by atoms with van der Waals surface area (Å²) in [5, 5.41) is 0. The topological polar surface area (TPSA) is 60.2 Å². The van der Waals surface area contributed by atoms with Crippen LogP contribution < -0.4 is 0 Å². The van der Waals surface area contributed by atoms with Crippen LogP contribution in [0, 0.1) is 5.92 Å². The number of piperidine rings is 1. The van der Waals surface area contributed by atoms with Gasteiger partial charge >= 0.3 is 6.09 Å². The molecule has 2 aromatic heterocycles. The van der Waals surface area contributed by atoms with Crippen LogP contribution in [0.1, 0.15) is 31.2 Å². The molecule has 3 heterocycles. The third-order valence-electron chi connectivity index (χ3n) is 5.41. The number of hydrogen-bond donors (Lipinski definition) is 0. The van der Waals surface area contributed by atoms with Gasteiger partial charge in [0.2, 0.25) is 0 Å². The fraction of sp³-hybridized carbons (Fsp3) is 0.409. The molecule has 3 aromatic rings. The van der Waals surface area contributed by atoms with Gasteiger partial charge in [0.15, 0.2) is 0 Å². The van der Waals surface area contributed by atoms with E-state index in [4.69, 9.17) is 9.72 Å². The lowest BCUT2D eigenvalue weighted by atomic mass is 9.93. The number of aromatic nitrogens is 3. The first-order valence-corrected chi connectivity index (χ1v) is 9.99. The fourth-order valence-corrected chi connectivity index (χ4v) is 3.92. The average Bonchev–Trinajstić information content (AvgIpc) is 3.06. The van der Waals surface area contributed by atoms with E-state index in [1.54, 1.807) is 6.20 Å². The molecule has 0 N–H and O–H groups in total. The molecule has 0 atom stereocenters. The Hall–Kier alpha value is -2.89. The molecule has 0 saturated carbocycles. The molecule has 0 radical (unpaired) electrons. The molecular weight excluding hydrogens is 352 g/mol. The number of hydrogen-bond acceptors (Lipinski definition) is 4. The minimum atomic E-state index is -0.190. The monoisotopic (exact) mass is 378 g/mol. The molecule has 1 saturated heterocycles. The highest BCUT2D eigenvalue weighted by Gasteiger charge is 2.25. The number of fused-ring (bicyclic) bond motifs is 1. The summed E-state index contributed by atoms with van der Waals surface area (Å²) in [4.78, 5) is 22.9. The van der Waals surface area contributed by atoms with Crippen LogP contribution in [0.2, 0.25) is 0 Å². The number of amides is 1. The van der Waals surface area contributed by atoms with E-state index in [1.807, 2.05) is 30.2 Å². The number of carbonyl (C=O) groups is 1. The second-order valence-electron chi connectivity index (χ2n) is 7.30. The lowest BCUT2D eigenvalue weighted by molar-refractivity contribution is 0.0916. The zero-order valence-electron chi connectivity index (χ0n) is 16.3. The number of rotatable bonds is 5. The van der Waals surface area contributed by atoms with E-state index in [2.05, 4.69) is 33.8 Å². The van der Waals surface area contributed by atoms with E-state index < -0.39 is 0 Å². The molecule has 6 heteroatoms. The molecular formula is C22H26N4O2. The molecule has 0 spiro atoms. The summed E-state index contributed by atoms with van der Waals surface area (Å²) in [7, 11) is 0. The van der Waals surface area contributed by atoms with Gasteiger partial charge in [-0.05, 0) is 49.4 Å². The predicted molar refractivity (Wildman–Crippen MR) is 108 cm³/mol. The van der Waals surface area contributed by atoms with Crippen molar-refractivity contribution in [1.82, 2.24) is 19.4 Å². The summed E-state index contributed by atoms with van der Waals surface area (Å²) < 4.78 is 7.43. The molecule has 1 aliphatic rings. The Morgan fingerprint density at radius 3 is 2.75 bits per heavy atom. The molecule has 4 rings (SSSR count). The molecule has 1 aromatic carbocycles. The minimum Gasteiger partial charge on any atom is -0.450 e. The van der Waals surface area contributed by atoms with Crippen LogP contribution in [0.3, 0.4) is 0 Å². The first-order chi connectivity index (χ1) is 13.7. The second kappa shape index (κ2) is 8.42. The van der Waals surface area contributed by atoms with E-state index in [0.717, 1.165) is 55.8 Å². The van der Waals surface area contributed by atoms with Gasteiger partial charge in [0.1, 0.15) is 5.82 Å². The van der Waals surface area contributed by atoms with Crippen molar-refractivity contribution in [2.45, 2.75) is 32.7 Å². The van der Waals surface area contributed by atoms with Gasteiger partial charge in [-0.1, -0.05) is 18.2 Å². The molecule has 6 nitrogen and oxygen atoms in total. The third-order valence-corrected chi connectivity index (χ3v) is 5.41. The highest BCUT2D eigenvalue weighted by atomic mass is 16.6. The van der Waals surface area contributed by atoms with Crippen molar-refractivity contribution < 1.29 is 9.53 Å². The van der Waals surface area contributed by atoms with E-state index in [-0.39, 0.29) is 6.09 Å². The lowest BCUT2D eigenvalue weighted by Gasteiger charge is -2.31. The van der Waals surface area contributed by atoms with Crippen LogP contribution in [0.4, 0.5) is 4.79 Å². The molecule has 28 heavy (non-hydrogen) atoms. The van der Waals surface area contributed by atoms with Crippen molar-refractivity contribution in [2.24, 2.45) is 5.92 Å². The Kier molecular flexibility index (Phi) is 5.55. The van der Waals surface area contributed by atoms with Crippen LogP contribution in [0.15, 0.2) is 48.8 Å². The predicted octanol–water partition coefficient (Wildman–Crippen LogP) is 3.89. The Labute approximate surface area is 165 Å². The quantitative estimate of drug-likeness (QED) is 0.676. The van der Waals surface area contributed by atoms with Crippen molar-refractivity contribution in [3.05, 3.63) is 60.2 Å². The molecule has 146 valence electrons. The Morgan fingerprint density at radius 2 is 2.00 bits per heavy atom. The van der Waals surface area contributed by atoms with Crippen LogP contribution in [-0.2, 0) is 17.7 Å². The van der Waals surface area contributed by atoms with Gasteiger partial charge in [-0.15, -0.1) is 0 Å². The standard InChI is InChI=1S/C22H26N4O2/c1-2-28-22(27)25-12-9-17(10-13-25)14-21-24-19-7-3-4-8-20(19)26(21)16-18-6-5-11-23-15-18/h3-8,11,15,17H,2,9-10,12-14,16H2,1H3. The maximum Gasteiger partial charge on any atom is 0.409 e. The summed E-state index contributed by atoms with van der Waals surface area (Å²) in [6.45, 7) is 4.55. The van der Waals surface area contributed by atoms with E-state index in [1.165, 1.54) is 5.56 Å². The second-order valence-corrected chi connectivity index (χ2v) is 7.30. The number of ether oxygens (including phenoxy) is 1. The van der Waals surface area contributed by atoms with Gasteiger partial charge in [0.05, 0.1) is 24.2 Å². The van der Waals surface area contributed by atoms with Gasteiger partial charge in [-0.3, -0.25) is 4.98 Å². The fourth-order valence-electron chi connectivity index (χ4n) is 3.92.